The standard InChI is InChI=1S/C13H8Cl2N2O3S/c14-6-2-1-5(3-7(6)15)13-16-8(4-21-13)9-10(18)12(20)17-11(9)19/h1-4,9-10,18H,(H,17,19,20). The number of halogens is 2. The molecule has 1 aliphatic rings. The van der Waals surface area contributed by atoms with Crippen molar-refractivity contribution in [1.82, 2.24) is 10.3 Å². The van der Waals surface area contributed by atoms with Crippen molar-refractivity contribution >= 4 is 46.4 Å². The van der Waals surface area contributed by atoms with Gasteiger partial charge in [-0.15, -0.1) is 11.3 Å². The smallest absolute Gasteiger partial charge is 0.256 e. The number of nitrogens with zero attached hydrogens (tertiary/aromatic N) is 1. The van der Waals surface area contributed by atoms with Crippen molar-refractivity contribution < 1.29 is 14.7 Å². The van der Waals surface area contributed by atoms with E-state index < -0.39 is 23.8 Å². The minimum absolute atomic E-state index is 0.358. The van der Waals surface area contributed by atoms with E-state index in [-0.39, 0.29) is 0 Å². The van der Waals surface area contributed by atoms with Gasteiger partial charge in [-0.2, -0.15) is 0 Å². The Balaban J connectivity index is 1.95. The molecule has 0 aliphatic carbocycles. The monoisotopic (exact) mass is 342 g/mol. The van der Waals surface area contributed by atoms with E-state index in [0.717, 1.165) is 5.56 Å². The number of nitrogens with one attached hydrogen (secondary N) is 1. The number of carbonyl (C=O) groups is 2. The summed E-state index contributed by atoms with van der Waals surface area (Å²) in [5.41, 5.74) is 1.11. The fourth-order valence-electron chi connectivity index (χ4n) is 2.05. The van der Waals surface area contributed by atoms with Gasteiger partial charge in [0.2, 0.25) is 5.91 Å². The summed E-state index contributed by atoms with van der Waals surface area (Å²) in [5.74, 6) is -2.21. The van der Waals surface area contributed by atoms with Crippen LogP contribution in [-0.4, -0.2) is 28.0 Å². The van der Waals surface area contributed by atoms with Gasteiger partial charge in [-0.1, -0.05) is 29.3 Å². The molecule has 108 valence electrons. The summed E-state index contributed by atoms with van der Waals surface area (Å²) in [5, 5.41) is 14.9. The molecular formula is C13H8Cl2N2O3S. The average molecular weight is 343 g/mol. The van der Waals surface area contributed by atoms with Crippen LogP contribution in [0.2, 0.25) is 10.0 Å². The Morgan fingerprint density at radius 1 is 1.19 bits per heavy atom. The van der Waals surface area contributed by atoms with Gasteiger partial charge in [0.1, 0.15) is 17.0 Å². The first-order chi connectivity index (χ1) is 9.97. The average Bonchev–Trinajstić information content (AvgIpc) is 2.99. The zero-order valence-electron chi connectivity index (χ0n) is 10.3. The van der Waals surface area contributed by atoms with Crippen molar-refractivity contribution in [3.8, 4) is 10.6 Å². The van der Waals surface area contributed by atoms with Crippen LogP contribution < -0.4 is 5.32 Å². The maximum atomic E-state index is 11.7. The zero-order chi connectivity index (χ0) is 15.1. The first kappa shape index (κ1) is 14.5. The molecule has 2 N–H and O–H groups in total. The summed E-state index contributed by atoms with van der Waals surface area (Å²) in [6.07, 6.45) is -1.40. The van der Waals surface area contributed by atoms with E-state index in [1.165, 1.54) is 11.3 Å². The Kier molecular flexibility index (Phi) is 3.71. The van der Waals surface area contributed by atoms with Crippen LogP contribution in [-0.2, 0) is 9.59 Å². The largest absolute Gasteiger partial charge is 0.382 e. The van der Waals surface area contributed by atoms with Gasteiger partial charge in [-0.25, -0.2) is 4.98 Å². The van der Waals surface area contributed by atoms with Crippen molar-refractivity contribution in [3.63, 3.8) is 0 Å². The van der Waals surface area contributed by atoms with E-state index in [4.69, 9.17) is 23.2 Å². The summed E-state index contributed by atoms with van der Waals surface area (Å²) in [6, 6.07) is 5.08. The molecule has 2 heterocycles. The van der Waals surface area contributed by atoms with Gasteiger partial charge >= 0.3 is 0 Å². The van der Waals surface area contributed by atoms with Crippen LogP contribution in [0.1, 0.15) is 11.6 Å². The molecule has 3 rings (SSSR count). The molecule has 0 radical (unpaired) electrons. The first-order valence-corrected chi connectivity index (χ1v) is 7.54. The minimum Gasteiger partial charge on any atom is -0.382 e. The van der Waals surface area contributed by atoms with E-state index in [9.17, 15) is 14.7 Å². The highest BCUT2D eigenvalue weighted by Gasteiger charge is 2.42. The van der Waals surface area contributed by atoms with E-state index >= 15 is 0 Å². The number of thiazole rings is 1. The Morgan fingerprint density at radius 3 is 2.57 bits per heavy atom. The number of benzene rings is 1. The van der Waals surface area contributed by atoms with Crippen LogP contribution in [0.3, 0.4) is 0 Å². The molecule has 2 unspecified atom stereocenters. The molecule has 1 aromatic carbocycles. The van der Waals surface area contributed by atoms with Crippen LogP contribution in [0.4, 0.5) is 0 Å². The zero-order valence-corrected chi connectivity index (χ0v) is 12.7. The lowest BCUT2D eigenvalue weighted by Gasteiger charge is -2.06. The molecule has 0 spiro atoms. The Hall–Kier alpha value is -1.47. The maximum absolute atomic E-state index is 11.7. The second-order valence-corrected chi connectivity index (χ2v) is 6.15. The molecule has 1 saturated heterocycles. The van der Waals surface area contributed by atoms with E-state index in [0.29, 0.717) is 20.7 Å². The van der Waals surface area contributed by atoms with Crippen LogP contribution in [0.25, 0.3) is 10.6 Å². The normalized spacial score (nSPS) is 21.7. The lowest BCUT2D eigenvalue weighted by Crippen LogP contribution is -2.24. The van der Waals surface area contributed by atoms with E-state index in [1.807, 2.05) is 0 Å². The Morgan fingerprint density at radius 2 is 1.95 bits per heavy atom. The second-order valence-electron chi connectivity index (χ2n) is 4.48. The predicted octanol–water partition coefficient (Wildman–Crippen LogP) is 2.22. The molecule has 1 fully saturated rings. The number of amides is 2. The number of aliphatic hydroxyl groups is 1. The summed E-state index contributed by atoms with van der Waals surface area (Å²) < 4.78 is 0. The van der Waals surface area contributed by atoms with Crippen LogP contribution >= 0.6 is 34.5 Å². The number of aromatic nitrogens is 1. The van der Waals surface area contributed by atoms with Crippen molar-refractivity contribution in [2.24, 2.45) is 0 Å². The van der Waals surface area contributed by atoms with Crippen molar-refractivity contribution in [3.05, 3.63) is 39.3 Å². The lowest BCUT2D eigenvalue weighted by atomic mass is 10.0. The molecular weight excluding hydrogens is 335 g/mol. The molecule has 2 amide bonds. The van der Waals surface area contributed by atoms with Crippen molar-refractivity contribution in [1.29, 1.82) is 0 Å². The highest BCUT2D eigenvalue weighted by Crippen LogP contribution is 2.33. The Labute approximate surface area is 133 Å². The third kappa shape index (κ3) is 2.55. The van der Waals surface area contributed by atoms with Gasteiger partial charge in [0.15, 0.2) is 0 Å². The second kappa shape index (κ2) is 5.38. The Bertz CT molecular complexity index is 747. The van der Waals surface area contributed by atoms with Crippen LogP contribution in [0.5, 0.6) is 0 Å². The predicted molar refractivity (Wildman–Crippen MR) is 79.5 cm³/mol. The quantitative estimate of drug-likeness (QED) is 0.820. The van der Waals surface area contributed by atoms with Gasteiger partial charge in [-0.05, 0) is 12.1 Å². The first-order valence-electron chi connectivity index (χ1n) is 5.91. The maximum Gasteiger partial charge on any atom is 0.256 e. The molecule has 1 aromatic heterocycles. The topological polar surface area (TPSA) is 79.3 Å². The van der Waals surface area contributed by atoms with E-state index in [2.05, 4.69) is 10.3 Å². The number of hydrogen-bond donors (Lipinski definition) is 2. The number of hydrogen-bond acceptors (Lipinski definition) is 5. The highest BCUT2D eigenvalue weighted by molar-refractivity contribution is 7.13. The summed E-state index contributed by atoms with van der Waals surface area (Å²) in [6.45, 7) is 0. The molecule has 2 aromatic rings. The molecule has 1 aliphatic heterocycles. The minimum atomic E-state index is -1.40. The molecule has 21 heavy (non-hydrogen) atoms. The van der Waals surface area contributed by atoms with E-state index in [1.54, 1.807) is 23.6 Å². The number of carbonyl (C=O) groups excluding carboxylic acids is 2. The molecule has 2 atom stereocenters. The van der Waals surface area contributed by atoms with Crippen molar-refractivity contribution in [2.45, 2.75) is 12.0 Å². The number of imide groups is 1. The number of rotatable bonds is 2. The third-order valence-corrected chi connectivity index (χ3v) is 4.77. The molecule has 0 saturated carbocycles. The SMILES string of the molecule is O=C1NC(=O)C(c2csc(-c3ccc(Cl)c(Cl)c3)n2)C1O. The molecule has 0 bridgehead atoms. The van der Waals surface area contributed by atoms with Gasteiger partial charge in [0, 0.05) is 10.9 Å². The number of aliphatic hydroxyl groups excluding tert-OH is 1. The molecule has 8 heteroatoms. The van der Waals surface area contributed by atoms with Gasteiger partial charge < -0.3 is 5.11 Å². The van der Waals surface area contributed by atoms with Gasteiger partial charge in [-0.3, -0.25) is 14.9 Å². The molecule has 5 nitrogen and oxygen atoms in total. The summed E-state index contributed by atoms with van der Waals surface area (Å²) in [4.78, 5) is 27.3. The fraction of sp³-hybridized carbons (Fsp3) is 0.154. The lowest BCUT2D eigenvalue weighted by molar-refractivity contribution is -0.127. The van der Waals surface area contributed by atoms with Gasteiger partial charge in [0.05, 0.1) is 15.7 Å². The third-order valence-electron chi connectivity index (χ3n) is 3.12. The summed E-state index contributed by atoms with van der Waals surface area (Å²) >= 11 is 13.1. The van der Waals surface area contributed by atoms with Crippen molar-refractivity contribution in [2.75, 3.05) is 0 Å². The van der Waals surface area contributed by atoms with Crippen LogP contribution in [0.15, 0.2) is 23.6 Å². The fourth-order valence-corrected chi connectivity index (χ4v) is 3.21. The highest BCUT2D eigenvalue weighted by atomic mass is 35.5. The van der Waals surface area contributed by atoms with Crippen LogP contribution in [0, 0.1) is 0 Å². The van der Waals surface area contributed by atoms with Gasteiger partial charge in [0.25, 0.3) is 5.91 Å². The summed E-state index contributed by atoms with van der Waals surface area (Å²) in [7, 11) is 0.